The molecule has 0 atom stereocenters. The Kier molecular flexibility index (Phi) is 2.63. The van der Waals surface area contributed by atoms with Gasteiger partial charge < -0.3 is 16.9 Å². The van der Waals surface area contributed by atoms with Gasteiger partial charge in [0.05, 0.1) is 26.7 Å². The second kappa shape index (κ2) is 3.37. The molecule has 0 radical (unpaired) electrons. The molecule has 0 aromatic heterocycles. The fourth-order valence-corrected chi connectivity index (χ4v) is 4.89. The number of rotatable bonds is 1. The van der Waals surface area contributed by atoms with Crippen molar-refractivity contribution in [3.8, 4) is 0 Å². The molecule has 0 aromatic carbocycles. The summed E-state index contributed by atoms with van der Waals surface area (Å²) in [5, 5.41) is 0. The van der Waals surface area contributed by atoms with Crippen LogP contribution in [-0.2, 0) is 0 Å². The minimum absolute atomic E-state index is 0. The Morgan fingerprint density at radius 3 is 1.40 bits per heavy atom. The summed E-state index contributed by atoms with van der Waals surface area (Å²) in [5.41, 5.74) is 0.675. The summed E-state index contributed by atoms with van der Waals surface area (Å²) in [5.74, 6) is 3.29. The molecule has 0 aliphatic heterocycles. The first-order chi connectivity index (χ1) is 6.48. The Morgan fingerprint density at radius 2 is 1.13 bits per heavy atom. The van der Waals surface area contributed by atoms with Crippen LogP contribution in [-0.4, -0.2) is 31.2 Å². The van der Waals surface area contributed by atoms with E-state index in [0.717, 1.165) is 17.8 Å². The quantitative estimate of drug-likeness (QED) is 0.540. The molecule has 0 N–H and O–H groups in total. The molecule has 15 heavy (non-hydrogen) atoms. The Balaban J connectivity index is 0.000000853. The van der Waals surface area contributed by atoms with E-state index in [4.69, 9.17) is 0 Å². The average molecular weight is 230 g/mol. The van der Waals surface area contributed by atoms with Gasteiger partial charge in [0.1, 0.15) is 0 Å². The van der Waals surface area contributed by atoms with Crippen molar-refractivity contribution >= 4 is 0 Å². The normalized spacial score (nSPS) is 47.8. The topological polar surface area (TPSA) is 0 Å². The fourth-order valence-electron chi connectivity index (χ4n) is 4.89. The molecule has 0 aromatic rings. The van der Waals surface area contributed by atoms with Gasteiger partial charge in [0.25, 0.3) is 0 Å². The van der Waals surface area contributed by atoms with Crippen LogP contribution in [0.1, 0.15) is 38.5 Å². The highest BCUT2D eigenvalue weighted by molar-refractivity contribution is 5.02. The molecular formula is C13H24ClN. The van der Waals surface area contributed by atoms with E-state index in [1.807, 2.05) is 0 Å². The second-order valence-electron chi connectivity index (χ2n) is 7.15. The highest BCUT2D eigenvalue weighted by atomic mass is 35.5. The molecule has 4 aliphatic rings. The first-order valence-electron chi connectivity index (χ1n) is 6.30. The van der Waals surface area contributed by atoms with E-state index in [1.54, 1.807) is 19.3 Å². The van der Waals surface area contributed by atoms with E-state index in [-0.39, 0.29) is 12.4 Å². The minimum Gasteiger partial charge on any atom is -1.00 e. The zero-order valence-corrected chi connectivity index (χ0v) is 11.1. The van der Waals surface area contributed by atoms with Gasteiger partial charge in [-0.25, -0.2) is 0 Å². The number of hydrogen-bond acceptors (Lipinski definition) is 0. The third kappa shape index (κ3) is 1.63. The maximum absolute atomic E-state index is 2.42. The molecule has 0 heterocycles. The summed E-state index contributed by atoms with van der Waals surface area (Å²) in [6.07, 6.45) is 9.30. The lowest BCUT2D eigenvalue weighted by molar-refractivity contribution is -0.930. The van der Waals surface area contributed by atoms with Crippen molar-refractivity contribution in [1.82, 2.24) is 0 Å². The molecule has 2 heteroatoms. The van der Waals surface area contributed by atoms with Crippen LogP contribution in [0.2, 0.25) is 0 Å². The van der Waals surface area contributed by atoms with E-state index in [2.05, 4.69) is 21.1 Å². The number of quaternary nitrogens is 1. The van der Waals surface area contributed by atoms with Crippen molar-refractivity contribution in [2.45, 2.75) is 44.1 Å². The molecule has 4 bridgehead atoms. The Bertz CT molecular complexity index is 218. The summed E-state index contributed by atoms with van der Waals surface area (Å²) in [6, 6.07) is 0. The monoisotopic (exact) mass is 229 g/mol. The summed E-state index contributed by atoms with van der Waals surface area (Å²) >= 11 is 0. The van der Waals surface area contributed by atoms with Crippen LogP contribution in [0.15, 0.2) is 0 Å². The molecule has 0 saturated heterocycles. The molecular weight excluding hydrogens is 206 g/mol. The van der Waals surface area contributed by atoms with Crippen molar-refractivity contribution in [2.75, 3.05) is 21.1 Å². The first kappa shape index (κ1) is 11.7. The van der Waals surface area contributed by atoms with E-state index in [1.165, 1.54) is 23.7 Å². The van der Waals surface area contributed by atoms with Crippen LogP contribution in [0.3, 0.4) is 0 Å². The Labute approximate surface area is 100 Å². The third-order valence-corrected chi connectivity index (χ3v) is 5.43. The maximum atomic E-state index is 2.42. The molecule has 4 fully saturated rings. The molecule has 0 amide bonds. The van der Waals surface area contributed by atoms with Gasteiger partial charge in [0, 0.05) is 19.3 Å². The highest BCUT2D eigenvalue weighted by Gasteiger charge is 2.57. The lowest BCUT2D eigenvalue weighted by atomic mass is 9.52. The predicted octanol–water partition coefficient (Wildman–Crippen LogP) is -0.335. The summed E-state index contributed by atoms with van der Waals surface area (Å²) in [7, 11) is 7.27. The minimum atomic E-state index is 0. The first-order valence-corrected chi connectivity index (χ1v) is 6.30. The lowest BCUT2D eigenvalue weighted by Crippen LogP contribution is -3.00. The average Bonchev–Trinajstić information content (AvgIpc) is 1.98. The molecule has 88 valence electrons. The van der Waals surface area contributed by atoms with Crippen LogP contribution in [0.5, 0.6) is 0 Å². The van der Waals surface area contributed by atoms with Crippen molar-refractivity contribution in [3.63, 3.8) is 0 Å². The van der Waals surface area contributed by atoms with Crippen LogP contribution < -0.4 is 12.4 Å². The predicted molar refractivity (Wildman–Crippen MR) is 58.9 cm³/mol. The van der Waals surface area contributed by atoms with Gasteiger partial charge >= 0.3 is 0 Å². The largest absolute Gasteiger partial charge is 1.00 e. The highest BCUT2D eigenvalue weighted by Crippen LogP contribution is 2.58. The van der Waals surface area contributed by atoms with E-state index < -0.39 is 0 Å². The van der Waals surface area contributed by atoms with E-state index in [9.17, 15) is 0 Å². The van der Waals surface area contributed by atoms with Gasteiger partial charge in [-0.15, -0.1) is 0 Å². The maximum Gasteiger partial charge on any atom is 0.0994 e. The Morgan fingerprint density at radius 1 is 0.800 bits per heavy atom. The molecule has 0 spiro atoms. The Hall–Kier alpha value is 0.250. The van der Waals surface area contributed by atoms with Crippen LogP contribution in [0.4, 0.5) is 0 Å². The SMILES string of the molecule is C[N+](C)(C)C12CC3CC(CC(C3)C1)C2.[Cl-]. The van der Waals surface area contributed by atoms with E-state index in [0.29, 0.717) is 5.54 Å². The number of halogens is 1. The fraction of sp³-hybridized carbons (Fsp3) is 1.00. The van der Waals surface area contributed by atoms with Crippen molar-refractivity contribution in [1.29, 1.82) is 0 Å². The lowest BCUT2D eigenvalue weighted by Gasteiger charge is -2.61. The zero-order chi connectivity index (χ0) is 9.97. The van der Waals surface area contributed by atoms with Gasteiger partial charge in [-0.3, -0.25) is 0 Å². The van der Waals surface area contributed by atoms with Crippen LogP contribution in [0.25, 0.3) is 0 Å². The van der Waals surface area contributed by atoms with Crippen LogP contribution >= 0.6 is 0 Å². The van der Waals surface area contributed by atoms with Gasteiger partial charge in [0.2, 0.25) is 0 Å². The molecule has 4 aliphatic carbocycles. The summed E-state index contributed by atoms with van der Waals surface area (Å²) < 4.78 is 1.22. The molecule has 1 nitrogen and oxygen atoms in total. The van der Waals surface area contributed by atoms with Crippen LogP contribution in [0, 0.1) is 17.8 Å². The standard InChI is InChI=1S/C13H24N.ClH/c1-14(2,3)13-7-10-4-11(8-13)6-12(5-10)9-13;/h10-12H,4-9H2,1-3H3;1H/q+1;/p-1. The summed E-state index contributed by atoms with van der Waals surface area (Å²) in [6.45, 7) is 0. The second-order valence-corrected chi connectivity index (χ2v) is 7.15. The van der Waals surface area contributed by atoms with Crippen molar-refractivity contribution in [2.24, 2.45) is 17.8 Å². The third-order valence-electron chi connectivity index (χ3n) is 5.43. The van der Waals surface area contributed by atoms with Gasteiger partial charge in [-0.2, -0.15) is 0 Å². The smallest absolute Gasteiger partial charge is 0.0994 e. The van der Waals surface area contributed by atoms with E-state index >= 15 is 0 Å². The zero-order valence-electron chi connectivity index (χ0n) is 10.3. The summed E-state index contributed by atoms with van der Waals surface area (Å²) in [4.78, 5) is 0. The molecule has 4 saturated carbocycles. The van der Waals surface area contributed by atoms with Gasteiger partial charge in [0.15, 0.2) is 0 Å². The molecule has 4 rings (SSSR count). The number of hydrogen-bond donors (Lipinski definition) is 0. The number of nitrogens with zero attached hydrogens (tertiary/aromatic N) is 1. The molecule has 0 unspecified atom stereocenters. The van der Waals surface area contributed by atoms with Crippen molar-refractivity contribution in [3.05, 3.63) is 0 Å². The van der Waals surface area contributed by atoms with Gasteiger partial charge in [-0.05, 0) is 37.0 Å². The van der Waals surface area contributed by atoms with Crippen molar-refractivity contribution < 1.29 is 16.9 Å². The van der Waals surface area contributed by atoms with Gasteiger partial charge in [-0.1, -0.05) is 0 Å².